The molecule has 278 valence electrons. The molecule has 0 aromatic heterocycles. The Morgan fingerprint density at radius 1 is 0.320 bits per heavy atom. The number of nitrogens with zero attached hydrogens (tertiary/aromatic N) is 6. The second kappa shape index (κ2) is 16.1. The van der Waals surface area contributed by atoms with Crippen molar-refractivity contribution in [3.8, 4) is 0 Å². The molecule has 4 unspecified atom stereocenters. The van der Waals surface area contributed by atoms with Crippen LogP contribution >= 0.6 is 0 Å². The van der Waals surface area contributed by atoms with Gasteiger partial charge >= 0.3 is 0 Å². The summed E-state index contributed by atoms with van der Waals surface area (Å²) < 4.78 is 0. The van der Waals surface area contributed by atoms with Crippen molar-refractivity contribution in [2.24, 2.45) is 11.8 Å². The molecule has 2 saturated carbocycles. The summed E-state index contributed by atoms with van der Waals surface area (Å²) in [5, 5.41) is 0. The highest BCUT2D eigenvalue weighted by Crippen LogP contribution is 2.42. The normalized spacial score (nSPS) is 39.0. The average Bonchev–Trinajstić information content (AvgIpc) is 4.01. The Bertz CT molecular complexity index is 1040. The molecule has 0 bridgehead atoms. The summed E-state index contributed by atoms with van der Waals surface area (Å²) in [6.45, 7) is 16.2. The summed E-state index contributed by atoms with van der Waals surface area (Å²) in [6.07, 6.45) is 25.2. The zero-order chi connectivity index (χ0) is 33.3. The first-order valence-corrected chi connectivity index (χ1v) is 22.3. The largest absolute Gasteiger partial charge is 0.300 e. The molecule has 8 fully saturated rings. The second-order valence-electron chi connectivity index (χ2n) is 18.5. The summed E-state index contributed by atoms with van der Waals surface area (Å²) >= 11 is 0. The van der Waals surface area contributed by atoms with Crippen LogP contribution in [0.2, 0.25) is 0 Å². The van der Waals surface area contributed by atoms with Crippen LogP contribution < -0.4 is 0 Å². The highest BCUT2D eigenvalue weighted by atomic mass is 15.3. The first kappa shape index (κ1) is 34.7. The Morgan fingerprint density at radius 3 is 0.780 bits per heavy atom. The van der Waals surface area contributed by atoms with Gasteiger partial charge in [0, 0.05) is 36.3 Å². The minimum Gasteiger partial charge on any atom is -0.300 e. The van der Waals surface area contributed by atoms with E-state index in [1.165, 1.54) is 194 Å². The molecule has 4 atom stereocenters. The van der Waals surface area contributed by atoms with Gasteiger partial charge in [0.25, 0.3) is 0 Å². The van der Waals surface area contributed by atoms with E-state index in [9.17, 15) is 0 Å². The Hall–Kier alpha value is -1.02. The summed E-state index contributed by atoms with van der Waals surface area (Å²) in [5.41, 5.74) is 3.24. The molecule has 1 aromatic carbocycles. The highest BCUT2D eigenvalue weighted by molar-refractivity contribution is 5.25. The van der Waals surface area contributed by atoms with Gasteiger partial charge in [-0.05, 0) is 217 Å². The average molecular weight is 685 g/mol. The van der Waals surface area contributed by atoms with Gasteiger partial charge in [0.15, 0.2) is 0 Å². The van der Waals surface area contributed by atoms with Gasteiger partial charge in [-0.25, -0.2) is 0 Å². The van der Waals surface area contributed by atoms with Crippen molar-refractivity contribution < 1.29 is 0 Å². The maximum atomic E-state index is 2.97. The minimum absolute atomic E-state index is 0.760. The third-order valence-electron chi connectivity index (χ3n) is 15.7. The van der Waals surface area contributed by atoms with Crippen LogP contribution in [0.15, 0.2) is 24.3 Å². The summed E-state index contributed by atoms with van der Waals surface area (Å²) in [5.74, 6) is 1.55. The smallest absolute Gasteiger partial charge is 0.0156 e. The number of likely N-dealkylation sites (tertiary alicyclic amines) is 6. The molecule has 9 rings (SSSR count). The molecule has 0 amide bonds. The van der Waals surface area contributed by atoms with Gasteiger partial charge in [0.1, 0.15) is 0 Å². The van der Waals surface area contributed by atoms with Crippen molar-refractivity contribution in [2.75, 3.05) is 78.5 Å². The molecular weight excluding hydrogens is 613 g/mol. The van der Waals surface area contributed by atoms with Crippen molar-refractivity contribution in [1.29, 1.82) is 0 Å². The third-order valence-corrected chi connectivity index (χ3v) is 15.7. The van der Waals surface area contributed by atoms with Crippen LogP contribution in [0.25, 0.3) is 0 Å². The second-order valence-corrected chi connectivity index (χ2v) is 18.5. The molecule has 50 heavy (non-hydrogen) atoms. The van der Waals surface area contributed by atoms with Crippen molar-refractivity contribution in [1.82, 2.24) is 29.4 Å². The molecule has 6 aliphatic heterocycles. The molecule has 1 aromatic rings. The van der Waals surface area contributed by atoms with Crippen molar-refractivity contribution in [3.63, 3.8) is 0 Å². The molecule has 6 heteroatoms. The van der Waals surface area contributed by atoms with Crippen LogP contribution in [0.3, 0.4) is 0 Å². The fourth-order valence-electron chi connectivity index (χ4n) is 13.2. The van der Waals surface area contributed by atoms with E-state index in [-0.39, 0.29) is 0 Å². The Morgan fingerprint density at radius 2 is 0.540 bits per heavy atom. The number of hydrogen-bond donors (Lipinski definition) is 0. The van der Waals surface area contributed by atoms with Gasteiger partial charge in [-0.15, -0.1) is 0 Å². The molecule has 6 nitrogen and oxygen atoms in total. The number of rotatable bonds is 10. The standard InChI is InChI=1S/C44H72N6/c1-2-18-45(17-1)37-31-41(47-21-5-6-22-47)39(42(32-37)48-23-7-8-24-48)29-35-13-15-36(16-14-35)30-40-43(49-25-9-10-26-49)33-38(46-19-3-4-20-46)34-44(40)50-27-11-12-28-50/h13-16,37-44H,1-12,17-34H2. The fraction of sp³-hybridized carbons (Fsp3) is 0.864. The van der Waals surface area contributed by atoms with E-state index in [0.29, 0.717) is 0 Å². The molecule has 0 spiro atoms. The number of hydrogen-bond acceptors (Lipinski definition) is 6. The van der Waals surface area contributed by atoms with Crippen LogP contribution in [-0.4, -0.2) is 144 Å². The van der Waals surface area contributed by atoms with Crippen LogP contribution in [0, 0.1) is 11.8 Å². The summed E-state index contributed by atoms with van der Waals surface area (Å²) in [7, 11) is 0. The molecule has 6 saturated heterocycles. The Kier molecular flexibility index (Phi) is 11.2. The van der Waals surface area contributed by atoms with Crippen molar-refractivity contribution >= 4 is 0 Å². The van der Waals surface area contributed by atoms with E-state index in [0.717, 1.165) is 48.1 Å². The highest BCUT2D eigenvalue weighted by Gasteiger charge is 2.47. The first-order chi connectivity index (χ1) is 24.8. The molecule has 6 heterocycles. The zero-order valence-corrected chi connectivity index (χ0v) is 31.8. The predicted octanol–water partition coefficient (Wildman–Crippen LogP) is 6.38. The van der Waals surface area contributed by atoms with Crippen LogP contribution in [-0.2, 0) is 12.8 Å². The van der Waals surface area contributed by atoms with E-state index in [4.69, 9.17) is 0 Å². The van der Waals surface area contributed by atoms with Gasteiger partial charge < -0.3 is 9.80 Å². The number of benzene rings is 1. The van der Waals surface area contributed by atoms with E-state index >= 15 is 0 Å². The van der Waals surface area contributed by atoms with Crippen molar-refractivity contribution in [2.45, 2.75) is 152 Å². The van der Waals surface area contributed by atoms with Gasteiger partial charge in [-0.3, -0.25) is 19.6 Å². The first-order valence-electron chi connectivity index (χ1n) is 22.3. The fourth-order valence-corrected chi connectivity index (χ4v) is 13.2. The van der Waals surface area contributed by atoms with E-state index < -0.39 is 0 Å². The van der Waals surface area contributed by atoms with Gasteiger partial charge in [0.2, 0.25) is 0 Å². The third kappa shape index (κ3) is 7.51. The quantitative estimate of drug-likeness (QED) is 0.283. The van der Waals surface area contributed by atoms with E-state index in [1.54, 1.807) is 11.1 Å². The molecule has 0 radical (unpaired) electrons. The maximum Gasteiger partial charge on any atom is 0.0156 e. The SMILES string of the molecule is c1cc(CC2C(N3CCCC3)CC(N3CCCC3)CC2N2CCCC2)ccc1CC1C(N2CCCC2)CC(N2CCCC2)CC1N1CCCC1. The van der Waals surface area contributed by atoms with Crippen molar-refractivity contribution in [3.05, 3.63) is 35.4 Å². The van der Waals surface area contributed by atoms with Gasteiger partial charge in [0.05, 0.1) is 0 Å². The molecule has 0 N–H and O–H groups in total. The minimum atomic E-state index is 0.760. The zero-order valence-electron chi connectivity index (χ0n) is 31.8. The van der Waals surface area contributed by atoms with Gasteiger partial charge in [-0.2, -0.15) is 0 Å². The molecule has 2 aliphatic carbocycles. The van der Waals surface area contributed by atoms with Gasteiger partial charge in [-0.1, -0.05) is 24.3 Å². The Balaban J connectivity index is 0.946. The molecular formula is C44H72N6. The lowest BCUT2D eigenvalue weighted by molar-refractivity contribution is 0.00385. The Labute approximate surface area is 306 Å². The van der Waals surface area contributed by atoms with E-state index in [2.05, 4.69) is 53.7 Å². The maximum absolute atomic E-state index is 2.97. The topological polar surface area (TPSA) is 19.4 Å². The lowest BCUT2D eigenvalue weighted by Crippen LogP contribution is -2.58. The monoisotopic (exact) mass is 685 g/mol. The van der Waals surface area contributed by atoms with Crippen LogP contribution in [0.1, 0.15) is 114 Å². The van der Waals surface area contributed by atoms with Crippen LogP contribution in [0.5, 0.6) is 0 Å². The van der Waals surface area contributed by atoms with E-state index in [1.807, 2.05) is 0 Å². The van der Waals surface area contributed by atoms with Crippen LogP contribution in [0.4, 0.5) is 0 Å². The molecule has 8 aliphatic rings. The lowest BCUT2D eigenvalue weighted by atomic mass is 9.72. The summed E-state index contributed by atoms with van der Waals surface area (Å²) in [6, 6.07) is 15.1. The summed E-state index contributed by atoms with van der Waals surface area (Å²) in [4.78, 5) is 17.7. The predicted molar refractivity (Wildman–Crippen MR) is 207 cm³/mol. The lowest BCUT2D eigenvalue weighted by Gasteiger charge is -2.51.